The fourth-order valence-corrected chi connectivity index (χ4v) is 1.50. The molecule has 0 aliphatic heterocycles. The third-order valence-electron chi connectivity index (χ3n) is 2.22. The van der Waals surface area contributed by atoms with Crippen LogP contribution in [0.5, 0.6) is 0 Å². The summed E-state index contributed by atoms with van der Waals surface area (Å²) < 4.78 is 2.11. The van der Waals surface area contributed by atoms with Gasteiger partial charge in [-0.15, -0.1) is 0 Å². The summed E-state index contributed by atoms with van der Waals surface area (Å²) in [6, 6.07) is 2.04. The molecule has 65 valence electrons. The van der Waals surface area contributed by atoms with Crippen LogP contribution in [0.2, 0.25) is 0 Å². The molecule has 0 unspecified atom stereocenters. The summed E-state index contributed by atoms with van der Waals surface area (Å²) in [5.41, 5.74) is 1.39. The van der Waals surface area contributed by atoms with Gasteiger partial charge in [0, 0.05) is 18.2 Å². The number of nitrogens with zero attached hydrogens (tertiary/aromatic N) is 2. The van der Waals surface area contributed by atoms with Crippen molar-refractivity contribution >= 4 is 0 Å². The van der Waals surface area contributed by atoms with E-state index < -0.39 is 0 Å². The molecule has 1 heterocycles. The van der Waals surface area contributed by atoms with Gasteiger partial charge in [-0.25, -0.2) is 0 Å². The monoisotopic (exact) mass is 163 g/mol. The average molecular weight is 163 g/mol. The lowest BCUT2D eigenvalue weighted by molar-refractivity contribution is 0.468. The largest absolute Gasteiger partial charge is 0.268 e. The highest BCUT2D eigenvalue weighted by atomic mass is 15.3. The SMILES string of the molecule is CC(C)Cn1n[c]cc1C1CC1. The first-order valence-corrected chi connectivity index (χ1v) is 4.71. The summed E-state index contributed by atoms with van der Waals surface area (Å²) in [4.78, 5) is 0. The number of hydrogen-bond donors (Lipinski definition) is 0. The Balaban J connectivity index is 2.13. The smallest absolute Gasteiger partial charge is 0.113 e. The van der Waals surface area contributed by atoms with Gasteiger partial charge in [-0.2, -0.15) is 5.10 Å². The van der Waals surface area contributed by atoms with Gasteiger partial charge in [-0.3, -0.25) is 4.68 Å². The topological polar surface area (TPSA) is 17.8 Å². The molecule has 0 spiro atoms. The molecule has 0 saturated heterocycles. The molecule has 1 fully saturated rings. The van der Waals surface area contributed by atoms with E-state index >= 15 is 0 Å². The molecular weight excluding hydrogens is 148 g/mol. The summed E-state index contributed by atoms with van der Waals surface area (Å²) in [7, 11) is 0. The highest BCUT2D eigenvalue weighted by Crippen LogP contribution is 2.39. The zero-order chi connectivity index (χ0) is 8.55. The van der Waals surface area contributed by atoms with Crippen molar-refractivity contribution in [1.82, 2.24) is 9.78 Å². The summed E-state index contributed by atoms with van der Waals surface area (Å²) in [5, 5.41) is 4.21. The minimum absolute atomic E-state index is 0.677. The molecule has 1 radical (unpaired) electrons. The Hall–Kier alpha value is -0.790. The second-order valence-corrected chi connectivity index (χ2v) is 4.05. The zero-order valence-corrected chi connectivity index (χ0v) is 7.75. The Bertz CT molecular complexity index is 259. The lowest BCUT2D eigenvalue weighted by Crippen LogP contribution is -2.08. The van der Waals surface area contributed by atoms with E-state index in [1.54, 1.807) is 0 Å². The van der Waals surface area contributed by atoms with Gasteiger partial charge in [-0.05, 0) is 24.8 Å². The van der Waals surface area contributed by atoms with Crippen LogP contribution in [0.4, 0.5) is 0 Å². The van der Waals surface area contributed by atoms with Crippen LogP contribution < -0.4 is 0 Å². The van der Waals surface area contributed by atoms with Gasteiger partial charge in [0.15, 0.2) is 0 Å². The zero-order valence-electron chi connectivity index (χ0n) is 7.75. The van der Waals surface area contributed by atoms with Crippen molar-refractivity contribution in [2.24, 2.45) is 5.92 Å². The second-order valence-electron chi connectivity index (χ2n) is 4.05. The number of hydrogen-bond acceptors (Lipinski definition) is 1. The Kier molecular flexibility index (Phi) is 1.91. The van der Waals surface area contributed by atoms with Crippen LogP contribution in [-0.2, 0) is 6.54 Å². The third-order valence-corrected chi connectivity index (χ3v) is 2.22. The molecule has 0 N–H and O–H groups in total. The highest BCUT2D eigenvalue weighted by molar-refractivity contribution is 5.13. The van der Waals surface area contributed by atoms with Crippen LogP contribution in [-0.4, -0.2) is 9.78 Å². The van der Waals surface area contributed by atoms with Crippen molar-refractivity contribution in [1.29, 1.82) is 0 Å². The normalized spacial score (nSPS) is 17.2. The Labute approximate surface area is 73.6 Å². The fraction of sp³-hybridized carbons (Fsp3) is 0.700. The molecule has 1 aromatic rings. The molecule has 12 heavy (non-hydrogen) atoms. The van der Waals surface area contributed by atoms with Crippen molar-refractivity contribution in [3.05, 3.63) is 18.0 Å². The van der Waals surface area contributed by atoms with Crippen molar-refractivity contribution in [3.8, 4) is 0 Å². The summed E-state index contributed by atoms with van der Waals surface area (Å²) in [5.74, 6) is 1.47. The van der Waals surface area contributed by atoms with Crippen LogP contribution in [0.15, 0.2) is 6.07 Å². The van der Waals surface area contributed by atoms with Gasteiger partial charge in [0.05, 0.1) is 0 Å². The molecule has 0 amide bonds. The van der Waals surface area contributed by atoms with Crippen molar-refractivity contribution in [2.75, 3.05) is 0 Å². The summed E-state index contributed by atoms with van der Waals surface area (Å²) in [6.07, 6.45) is 5.63. The van der Waals surface area contributed by atoms with E-state index in [-0.39, 0.29) is 0 Å². The van der Waals surface area contributed by atoms with Gasteiger partial charge in [-0.1, -0.05) is 13.8 Å². The molecule has 2 rings (SSSR count). The summed E-state index contributed by atoms with van der Waals surface area (Å²) >= 11 is 0. The van der Waals surface area contributed by atoms with Gasteiger partial charge in [0.1, 0.15) is 6.20 Å². The molecule has 1 aliphatic rings. The lowest BCUT2D eigenvalue weighted by Gasteiger charge is -2.08. The number of rotatable bonds is 3. The first-order chi connectivity index (χ1) is 5.77. The van der Waals surface area contributed by atoms with Gasteiger partial charge in [0.2, 0.25) is 0 Å². The van der Waals surface area contributed by atoms with E-state index in [9.17, 15) is 0 Å². The minimum atomic E-state index is 0.677. The molecule has 0 atom stereocenters. The Morgan fingerprint density at radius 2 is 2.42 bits per heavy atom. The first kappa shape index (κ1) is 7.84. The van der Waals surface area contributed by atoms with Crippen LogP contribution >= 0.6 is 0 Å². The maximum absolute atomic E-state index is 4.21. The van der Waals surface area contributed by atoms with Crippen LogP contribution in [0.25, 0.3) is 0 Å². The van der Waals surface area contributed by atoms with Crippen LogP contribution in [0.3, 0.4) is 0 Å². The minimum Gasteiger partial charge on any atom is -0.268 e. The molecule has 1 aliphatic carbocycles. The molecule has 0 aromatic carbocycles. The lowest BCUT2D eigenvalue weighted by atomic mass is 10.2. The molecule has 2 nitrogen and oxygen atoms in total. The first-order valence-electron chi connectivity index (χ1n) is 4.71. The highest BCUT2D eigenvalue weighted by Gasteiger charge is 2.26. The standard InChI is InChI=1S/C10H15N2/c1-8(2)7-12-10(5-6-11-12)9-3-4-9/h5,8-9H,3-4,7H2,1-2H3. The van der Waals surface area contributed by atoms with E-state index in [4.69, 9.17) is 0 Å². The predicted octanol–water partition coefficient (Wildman–Crippen LogP) is 2.22. The van der Waals surface area contributed by atoms with Crippen molar-refractivity contribution in [2.45, 2.75) is 39.2 Å². The fourth-order valence-electron chi connectivity index (χ4n) is 1.50. The van der Waals surface area contributed by atoms with Crippen molar-refractivity contribution in [3.63, 3.8) is 0 Å². The molecule has 1 aromatic heterocycles. The molecule has 0 bridgehead atoms. The quantitative estimate of drug-likeness (QED) is 0.668. The number of aromatic nitrogens is 2. The molecule has 1 saturated carbocycles. The van der Waals surface area contributed by atoms with Gasteiger partial charge < -0.3 is 0 Å². The Morgan fingerprint density at radius 1 is 1.67 bits per heavy atom. The Morgan fingerprint density at radius 3 is 3.00 bits per heavy atom. The van der Waals surface area contributed by atoms with E-state index in [1.807, 2.05) is 6.07 Å². The average Bonchev–Trinajstić information content (AvgIpc) is 2.73. The van der Waals surface area contributed by atoms with E-state index in [0.29, 0.717) is 5.92 Å². The maximum atomic E-state index is 4.21. The van der Waals surface area contributed by atoms with Crippen LogP contribution in [0, 0.1) is 12.1 Å². The third kappa shape index (κ3) is 1.52. The maximum Gasteiger partial charge on any atom is 0.113 e. The van der Waals surface area contributed by atoms with E-state index in [0.717, 1.165) is 12.5 Å². The van der Waals surface area contributed by atoms with Crippen molar-refractivity contribution < 1.29 is 0 Å². The molecular formula is C10H15N2. The summed E-state index contributed by atoms with van der Waals surface area (Å²) in [6.45, 7) is 5.48. The van der Waals surface area contributed by atoms with E-state index in [2.05, 4.69) is 29.8 Å². The molecule has 2 heteroatoms. The second kappa shape index (κ2) is 2.92. The van der Waals surface area contributed by atoms with Crippen LogP contribution in [0.1, 0.15) is 38.3 Å². The van der Waals surface area contributed by atoms with Gasteiger partial charge in [0.25, 0.3) is 0 Å². The predicted molar refractivity (Wildman–Crippen MR) is 47.9 cm³/mol. The van der Waals surface area contributed by atoms with E-state index in [1.165, 1.54) is 18.5 Å². The van der Waals surface area contributed by atoms with Gasteiger partial charge >= 0.3 is 0 Å².